The molecule has 0 N–H and O–H groups in total. The second-order valence-corrected chi connectivity index (χ2v) is 6.93. The number of ether oxygens (including phenoxy) is 1. The van der Waals surface area contributed by atoms with Gasteiger partial charge in [-0.2, -0.15) is 0 Å². The molecule has 1 saturated heterocycles. The number of benzene rings is 1. The Morgan fingerprint density at radius 3 is 2.54 bits per heavy atom. The Morgan fingerprint density at radius 1 is 1.18 bits per heavy atom. The summed E-state index contributed by atoms with van der Waals surface area (Å²) in [5.41, 5.74) is 1.47. The van der Waals surface area contributed by atoms with Gasteiger partial charge in [0.2, 0.25) is 5.91 Å². The SMILES string of the molecule is C=CCN(C(=O)CN1CCC(n2cccc2C(=O)OC)CC1)c1ccccc1. The lowest BCUT2D eigenvalue weighted by Crippen LogP contribution is -2.44. The largest absolute Gasteiger partial charge is 0.464 e. The number of carbonyl (C=O) groups is 2. The Kier molecular flexibility index (Phi) is 6.66. The number of likely N-dealkylation sites (tertiary alicyclic amines) is 1. The zero-order valence-electron chi connectivity index (χ0n) is 16.3. The minimum absolute atomic E-state index is 0.0702. The van der Waals surface area contributed by atoms with Gasteiger partial charge in [-0.05, 0) is 37.1 Å². The van der Waals surface area contributed by atoms with Crippen LogP contribution in [0.1, 0.15) is 29.4 Å². The van der Waals surface area contributed by atoms with Crippen molar-refractivity contribution in [1.82, 2.24) is 9.47 Å². The predicted octanol–water partition coefficient (Wildman–Crippen LogP) is 3.13. The average molecular weight is 381 g/mol. The topological polar surface area (TPSA) is 54.8 Å². The second kappa shape index (κ2) is 9.37. The number of esters is 1. The summed E-state index contributed by atoms with van der Waals surface area (Å²) >= 11 is 0. The van der Waals surface area contributed by atoms with Gasteiger partial charge in [0.25, 0.3) is 0 Å². The smallest absolute Gasteiger partial charge is 0.354 e. The van der Waals surface area contributed by atoms with E-state index in [9.17, 15) is 9.59 Å². The van der Waals surface area contributed by atoms with Crippen LogP contribution in [0.4, 0.5) is 5.69 Å². The van der Waals surface area contributed by atoms with E-state index in [1.807, 2.05) is 47.2 Å². The standard InChI is InChI=1S/C22H27N3O3/c1-3-13-25(18-8-5-4-6-9-18)21(26)17-23-15-11-19(12-16-23)24-14-7-10-20(24)22(27)28-2/h3-10,14,19H,1,11-13,15-17H2,2H3. The molecule has 6 nitrogen and oxygen atoms in total. The highest BCUT2D eigenvalue weighted by Gasteiger charge is 2.26. The number of aromatic nitrogens is 1. The van der Waals surface area contributed by atoms with Gasteiger partial charge >= 0.3 is 5.97 Å². The van der Waals surface area contributed by atoms with Crippen LogP contribution >= 0.6 is 0 Å². The van der Waals surface area contributed by atoms with E-state index in [0.29, 0.717) is 18.8 Å². The van der Waals surface area contributed by atoms with E-state index in [4.69, 9.17) is 4.74 Å². The summed E-state index contributed by atoms with van der Waals surface area (Å²) in [7, 11) is 1.40. The quantitative estimate of drug-likeness (QED) is 0.546. The second-order valence-electron chi connectivity index (χ2n) is 6.93. The number of hydrogen-bond donors (Lipinski definition) is 0. The van der Waals surface area contributed by atoms with E-state index in [1.165, 1.54) is 7.11 Å². The van der Waals surface area contributed by atoms with Gasteiger partial charge in [0.15, 0.2) is 0 Å². The number of amides is 1. The van der Waals surface area contributed by atoms with Gasteiger partial charge in [-0.25, -0.2) is 4.79 Å². The van der Waals surface area contributed by atoms with Crippen molar-refractivity contribution in [1.29, 1.82) is 0 Å². The monoisotopic (exact) mass is 381 g/mol. The molecule has 0 bridgehead atoms. The third-order valence-electron chi connectivity index (χ3n) is 5.16. The first kappa shape index (κ1) is 19.9. The van der Waals surface area contributed by atoms with E-state index in [-0.39, 0.29) is 17.9 Å². The molecule has 1 aliphatic heterocycles. The van der Waals surface area contributed by atoms with Crippen LogP contribution in [0.25, 0.3) is 0 Å². The summed E-state index contributed by atoms with van der Waals surface area (Å²) in [4.78, 5) is 28.7. The van der Waals surface area contributed by atoms with Crippen molar-refractivity contribution >= 4 is 17.6 Å². The fourth-order valence-electron chi connectivity index (χ4n) is 3.71. The molecule has 1 aromatic carbocycles. The molecule has 1 aromatic heterocycles. The van der Waals surface area contributed by atoms with Crippen molar-refractivity contribution in [3.63, 3.8) is 0 Å². The van der Waals surface area contributed by atoms with E-state index >= 15 is 0 Å². The van der Waals surface area contributed by atoms with Crippen molar-refractivity contribution in [2.45, 2.75) is 18.9 Å². The molecule has 1 aliphatic rings. The van der Waals surface area contributed by atoms with Crippen LogP contribution in [0, 0.1) is 0 Å². The van der Waals surface area contributed by atoms with Crippen molar-refractivity contribution in [3.05, 3.63) is 67.0 Å². The van der Waals surface area contributed by atoms with Gasteiger partial charge < -0.3 is 14.2 Å². The Bertz CT molecular complexity index is 807. The first-order valence-electron chi connectivity index (χ1n) is 9.58. The summed E-state index contributed by atoms with van der Waals surface area (Å²) in [5, 5.41) is 0. The van der Waals surface area contributed by atoms with Crippen molar-refractivity contribution in [2.75, 3.05) is 38.2 Å². The summed E-state index contributed by atoms with van der Waals surface area (Å²) in [5.74, 6) is -0.244. The molecule has 0 aliphatic carbocycles. The molecule has 2 aromatic rings. The number of methoxy groups -OCH3 is 1. The highest BCUT2D eigenvalue weighted by atomic mass is 16.5. The Morgan fingerprint density at radius 2 is 1.89 bits per heavy atom. The molecule has 2 heterocycles. The number of para-hydroxylation sites is 1. The molecule has 0 atom stereocenters. The number of nitrogens with zero attached hydrogens (tertiary/aromatic N) is 3. The lowest BCUT2D eigenvalue weighted by atomic mass is 10.0. The number of carbonyl (C=O) groups excluding carboxylic acids is 2. The molecule has 0 radical (unpaired) electrons. The van der Waals surface area contributed by atoms with Crippen LogP contribution in [-0.4, -0.2) is 54.6 Å². The molecule has 3 rings (SSSR count). The van der Waals surface area contributed by atoms with Crippen LogP contribution in [0.3, 0.4) is 0 Å². The summed E-state index contributed by atoms with van der Waals surface area (Å²) < 4.78 is 6.86. The molecule has 0 unspecified atom stereocenters. The van der Waals surface area contributed by atoms with E-state index in [0.717, 1.165) is 31.6 Å². The van der Waals surface area contributed by atoms with Gasteiger partial charge in [-0.15, -0.1) is 6.58 Å². The summed E-state index contributed by atoms with van der Waals surface area (Å²) in [6, 6.07) is 13.6. The maximum Gasteiger partial charge on any atom is 0.354 e. The Labute approximate surface area is 166 Å². The van der Waals surface area contributed by atoms with Crippen LogP contribution in [-0.2, 0) is 9.53 Å². The average Bonchev–Trinajstić information content (AvgIpc) is 3.22. The molecule has 28 heavy (non-hydrogen) atoms. The Hall–Kier alpha value is -2.86. The lowest BCUT2D eigenvalue weighted by Gasteiger charge is -2.34. The van der Waals surface area contributed by atoms with Gasteiger partial charge in [0, 0.05) is 37.6 Å². The van der Waals surface area contributed by atoms with Gasteiger partial charge in [-0.3, -0.25) is 9.69 Å². The maximum absolute atomic E-state index is 12.9. The first-order chi connectivity index (χ1) is 13.6. The molecule has 6 heteroatoms. The van der Waals surface area contributed by atoms with Crippen LogP contribution in [0.15, 0.2) is 61.3 Å². The van der Waals surface area contributed by atoms with Crippen LogP contribution in [0.2, 0.25) is 0 Å². The van der Waals surface area contributed by atoms with E-state index < -0.39 is 0 Å². The van der Waals surface area contributed by atoms with Crippen LogP contribution in [0.5, 0.6) is 0 Å². The number of anilines is 1. The summed E-state index contributed by atoms with van der Waals surface area (Å²) in [6.45, 7) is 6.27. The fourth-order valence-corrected chi connectivity index (χ4v) is 3.71. The van der Waals surface area contributed by atoms with Crippen molar-refractivity contribution < 1.29 is 14.3 Å². The molecule has 1 amide bonds. The minimum atomic E-state index is -0.314. The number of rotatable bonds is 7. The third kappa shape index (κ3) is 4.51. The number of piperidine rings is 1. The fraction of sp³-hybridized carbons (Fsp3) is 0.364. The molecule has 148 valence electrons. The third-order valence-corrected chi connectivity index (χ3v) is 5.16. The minimum Gasteiger partial charge on any atom is -0.464 e. The Balaban J connectivity index is 1.59. The molecular weight excluding hydrogens is 354 g/mol. The predicted molar refractivity (Wildman–Crippen MR) is 109 cm³/mol. The molecule has 0 saturated carbocycles. The van der Waals surface area contributed by atoms with Crippen molar-refractivity contribution in [3.8, 4) is 0 Å². The highest BCUT2D eigenvalue weighted by Crippen LogP contribution is 2.25. The first-order valence-corrected chi connectivity index (χ1v) is 9.58. The normalized spacial score (nSPS) is 15.2. The van der Waals surface area contributed by atoms with Crippen LogP contribution < -0.4 is 4.90 Å². The molecule has 1 fully saturated rings. The lowest BCUT2D eigenvalue weighted by molar-refractivity contribution is -0.120. The van der Waals surface area contributed by atoms with Crippen molar-refractivity contribution in [2.24, 2.45) is 0 Å². The number of hydrogen-bond acceptors (Lipinski definition) is 4. The van der Waals surface area contributed by atoms with Gasteiger partial charge in [-0.1, -0.05) is 24.3 Å². The van der Waals surface area contributed by atoms with Gasteiger partial charge in [0.1, 0.15) is 5.69 Å². The van der Waals surface area contributed by atoms with E-state index in [1.54, 1.807) is 17.0 Å². The zero-order valence-corrected chi connectivity index (χ0v) is 16.3. The molecule has 0 spiro atoms. The zero-order chi connectivity index (χ0) is 19.9. The summed E-state index contributed by atoms with van der Waals surface area (Å²) in [6.07, 6.45) is 5.45. The highest BCUT2D eigenvalue weighted by molar-refractivity contribution is 5.95. The maximum atomic E-state index is 12.9. The van der Waals surface area contributed by atoms with Gasteiger partial charge in [0.05, 0.1) is 13.7 Å². The molecular formula is C22H27N3O3. The van der Waals surface area contributed by atoms with E-state index in [2.05, 4.69) is 11.5 Å².